The van der Waals surface area contributed by atoms with Crippen LogP contribution in [0.2, 0.25) is 0 Å². The Morgan fingerprint density at radius 1 is 1.18 bits per heavy atom. The van der Waals surface area contributed by atoms with Gasteiger partial charge in [-0.3, -0.25) is 4.79 Å². The molecule has 5 nitrogen and oxygen atoms in total. The summed E-state index contributed by atoms with van der Waals surface area (Å²) in [4.78, 5) is 23.9. The van der Waals surface area contributed by atoms with Crippen molar-refractivity contribution in [3.8, 4) is 5.75 Å². The largest absolute Gasteiger partial charge is 0.496 e. The van der Waals surface area contributed by atoms with Crippen LogP contribution in [0.1, 0.15) is 48.0 Å². The summed E-state index contributed by atoms with van der Waals surface area (Å²) in [6.45, 7) is 0.406. The fraction of sp³-hybridized carbons (Fsp3) is 0.529. The molecule has 120 valence electrons. The Hall–Kier alpha value is -2.04. The lowest BCUT2D eigenvalue weighted by Gasteiger charge is -2.20. The molecule has 1 aromatic rings. The van der Waals surface area contributed by atoms with Crippen molar-refractivity contribution in [3.63, 3.8) is 0 Å². The van der Waals surface area contributed by atoms with Crippen LogP contribution in [0.25, 0.3) is 0 Å². The van der Waals surface area contributed by atoms with Crippen LogP contribution in [-0.4, -0.2) is 26.1 Å². The minimum atomic E-state index is -0.447. The summed E-state index contributed by atoms with van der Waals surface area (Å²) >= 11 is 0. The highest BCUT2D eigenvalue weighted by Crippen LogP contribution is 2.24. The van der Waals surface area contributed by atoms with Crippen molar-refractivity contribution < 1.29 is 19.1 Å². The number of hydrogen-bond acceptors (Lipinski definition) is 4. The number of nitrogens with one attached hydrogen (secondary N) is 1. The van der Waals surface area contributed by atoms with E-state index in [0.717, 1.165) is 31.2 Å². The Kier molecular flexibility index (Phi) is 5.81. The molecule has 0 aliphatic heterocycles. The monoisotopic (exact) mass is 305 g/mol. The lowest BCUT2D eigenvalue weighted by atomic mass is 9.88. The SMILES string of the molecule is COC(=O)c1cc(CNC(=O)C2CCCCC2)ccc1OC. The molecule has 0 aromatic heterocycles. The molecule has 1 fully saturated rings. The molecule has 1 aliphatic carbocycles. The molecule has 1 amide bonds. The number of ether oxygens (including phenoxy) is 2. The van der Waals surface area contributed by atoms with Gasteiger partial charge >= 0.3 is 5.97 Å². The van der Waals surface area contributed by atoms with E-state index in [-0.39, 0.29) is 11.8 Å². The van der Waals surface area contributed by atoms with Crippen molar-refractivity contribution >= 4 is 11.9 Å². The second-order valence-electron chi connectivity index (χ2n) is 5.58. The smallest absolute Gasteiger partial charge is 0.341 e. The maximum absolute atomic E-state index is 12.1. The highest BCUT2D eigenvalue weighted by Gasteiger charge is 2.21. The molecule has 22 heavy (non-hydrogen) atoms. The van der Waals surface area contributed by atoms with Gasteiger partial charge in [-0.1, -0.05) is 25.3 Å². The van der Waals surface area contributed by atoms with Gasteiger partial charge < -0.3 is 14.8 Å². The van der Waals surface area contributed by atoms with Crippen molar-refractivity contribution in [3.05, 3.63) is 29.3 Å². The van der Waals surface area contributed by atoms with E-state index in [1.165, 1.54) is 20.6 Å². The summed E-state index contributed by atoms with van der Waals surface area (Å²) in [5.41, 5.74) is 1.22. The molecule has 1 N–H and O–H groups in total. The van der Waals surface area contributed by atoms with Gasteiger partial charge in [0, 0.05) is 12.5 Å². The predicted octanol–water partition coefficient (Wildman–Crippen LogP) is 2.68. The number of hydrogen-bond donors (Lipinski definition) is 1. The summed E-state index contributed by atoms with van der Waals surface area (Å²) in [6.07, 6.45) is 5.44. The van der Waals surface area contributed by atoms with Crippen LogP contribution < -0.4 is 10.1 Å². The van der Waals surface area contributed by atoms with E-state index in [0.29, 0.717) is 17.9 Å². The van der Waals surface area contributed by atoms with Crippen LogP contribution in [0.15, 0.2) is 18.2 Å². The Morgan fingerprint density at radius 3 is 2.55 bits per heavy atom. The summed E-state index contributed by atoms with van der Waals surface area (Å²) in [5.74, 6) is 0.258. The number of methoxy groups -OCH3 is 2. The van der Waals surface area contributed by atoms with E-state index in [4.69, 9.17) is 9.47 Å². The molecule has 1 aromatic carbocycles. The Bertz CT molecular complexity index is 535. The number of esters is 1. The van der Waals surface area contributed by atoms with E-state index < -0.39 is 5.97 Å². The van der Waals surface area contributed by atoms with Gasteiger partial charge in [-0.15, -0.1) is 0 Å². The van der Waals surface area contributed by atoms with Gasteiger partial charge in [0.1, 0.15) is 11.3 Å². The normalized spacial score (nSPS) is 15.2. The fourth-order valence-corrected chi connectivity index (χ4v) is 2.83. The lowest BCUT2D eigenvalue weighted by Crippen LogP contribution is -2.31. The number of rotatable bonds is 5. The third kappa shape index (κ3) is 4.00. The predicted molar refractivity (Wildman–Crippen MR) is 82.8 cm³/mol. The van der Waals surface area contributed by atoms with Gasteiger partial charge in [0.05, 0.1) is 14.2 Å². The second-order valence-corrected chi connectivity index (χ2v) is 5.58. The maximum Gasteiger partial charge on any atom is 0.341 e. The number of carbonyl (C=O) groups excluding carboxylic acids is 2. The van der Waals surface area contributed by atoms with Gasteiger partial charge in [-0.05, 0) is 30.5 Å². The van der Waals surface area contributed by atoms with Gasteiger partial charge in [0.2, 0.25) is 5.91 Å². The Balaban J connectivity index is 2.00. The topological polar surface area (TPSA) is 64.6 Å². The average molecular weight is 305 g/mol. The Labute approximate surface area is 131 Å². The molecule has 1 aliphatic rings. The molecular formula is C17H23NO4. The zero-order chi connectivity index (χ0) is 15.9. The summed E-state index contributed by atoms with van der Waals surface area (Å²) in [6, 6.07) is 5.26. The number of benzene rings is 1. The van der Waals surface area contributed by atoms with Crippen molar-refractivity contribution in [2.45, 2.75) is 38.6 Å². The van der Waals surface area contributed by atoms with Crippen molar-refractivity contribution in [1.29, 1.82) is 0 Å². The first-order valence-corrected chi connectivity index (χ1v) is 7.68. The second kappa shape index (κ2) is 7.82. The average Bonchev–Trinajstić information content (AvgIpc) is 2.59. The van der Waals surface area contributed by atoms with Crippen molar-refractivity contribution in [1.82, 2.24) is 5.32 Å². The Morgan fingerprint density at radius 2 is 1.91 bits per heavy atom. The summed E-state index contributed by atoms with van der Waals surface area (Å²) < 4.78 is 9.90. The minimum Gasteiger partial charge on any atom is -0.496 e. The van der Waals surface area contributed by atoms with E-state index >= 15 is 0 Å². The minimum absolute atomic E-state index is 0.107. The molecule has 0 radical (unpaired) electrons. The van der Waals surface area contributed by atoms with Crippen LogP contribution in [-0.2, 0) is 16.1 Å². The van der Waals surface area contributed by atoms with E-state index in [2.05, 4.69) is 5.32 Å². The zero-order valence-electron chi connectivity index (χ0n) is 13.2. The van der Waals surface area contributed by atoms with Gasteiger partial charge in [-0.2, -0.15) is 0 Å². The number of amides is 1. The van der Waals surface area contributed by atoms with Crippen LogP contribution >= 0.6 is 0 Å². The molecular weight excluding hydrogens is 282 g/mol. The van der Waals surface area contributed by atoms with Crippen LogP contribution in [0.3, 0.4) is 0 Å². The molecule has 0 atom stereocenters. The first-order valence-electron chi connectivity index (χ1n) is 7.68. The highest BCUT2D eigenvalue weighted by molar-refractivity contribution is 5.92. The molecule has 5 heteroatoms. The molecule has 2 rings (SSSR count). The highest BCUT2D eigenvalue weighted by atomic mass is 16.5. The van der Waals surface area contributed by atoms with E-state index in [1.54, 1.807) is 12.1 Å². The molecule has 0 bridgehead atoms. The lowest BCUT2D eigenvalue weighted by molar-refractivity contribution is -0.126. The zero-order valence-corrected chi connectivity index (χ0v) is 13.2. The number of carbonyl (C=O) groups is 2. The quantitative estimate of drug-likeness (QED) is 0.849. The van der Waals surface area contributed by atoms with Gasteiger partial charge in [0.25, 0.3) is 0 Å². The van der Waals surface area contributed by atoms with Crippen molar-refractivity contribution in [2.75, 3.05) is 14.2 Å². The third-order valence-electron chi connectivity index (χ3n) is 4.11. The summed E-state index contributed by atoms with van der Waals surface area (Å²) in [7, 11) is 2.84. The molecule has 0 unspecified atom stereocenters. The van der Waals surface area contributed by atoms with Gasteiger partial charge in [-0.25, -0.2) is 4.79 Å². The fourth-order valence-electron chi connectivity index (χ4n) is 2.83. The third-order valence-corrected chi connectivity index (χ3v) is 4.11. The van der Waals surface area contributed by atoms with E-state index in [1.807, 2.05) is 6.07 Å². The van der Waals surface area contributed by atoms with Crippen LogP contribution in [0.5, 0.6) is 5.75 Å². The first-order chi connectivity index (χ1) is 10.7. The summed E-state index contributed by atoms with van der Waals surface area (Å²) in [5, 5.41) is 2.96. The van der Waals surface area contributed by atoms with E-state index in [9.17, 15) is 9.59 Å². The molecule has 0 spiro atoms. The molecule has 0 heterocycles. The van der Waals surface area contributed by atoms with Gasteiger partial charge in [0.15, 0.2) is 0 Å². The van der Waals surface area contributed by atoms with Crippen molar-refractivity contribution in [2.24, 2.45) is 5.92 Å². The van der Waals surface area contributed by atoms with Crippen LogP contribution in [0, 0.1) is 5.92 Å². The maximum atomic E-state index is 12.1. The molecule has 1 saturated carbocycles. The first kappa shape index (κ1) is 16.3. The molecule has 0 saturated heterocycles. The standard InChI is InChI=1S/C17H23NO4/c1-21-15-9-8-12(10-14(15)17(20)22-2)11-18-16(19)13-6-4-3-5-7-13/h8-10,13H,3-7,11H2,1-2H3,(H,18,19). The van der Waals surface area contributed by atoms with Crippen LogP contribution in [0.4, 0.5) is 0 Å².